The molecule has 0 unspecified atom stereocenters. The Morgan fingerprint density at radius 3 is 2.18 bits per heavy atom. The minimum atomic E-state index is -0.365. The molecule has 0 aliphatic rings. The van der Waals surface area contributed by atoms with Gasteiger partial charge in [0.25, 0.3) is 0 Å². The molecule has 0 aromatic carbocycles. The number of aromatic nitrogens is 1. The molecular formula is C22H36N2O4. The summed E-state index contributed by atoms with van der Waals surface area (Å²) >= 11 is 0. The second-order valence-corrected chi connectivity index (χ2v) is 6.94. The van der Waals surface area contributed by atoms with Crippen LogP contribution < -0.4 is 4.90 Å². The molecule has 0 amide bonds. The Labute approximate surface area is 169 Å². The highest BCUT2D eigenvalue weighted by atomic mass is 16.5. The number of ether oxygens (including phenoxy) is 2. The van der Waals surface area contributed by atoms with Crippen LogP contribution >= 0.6 is 0 Å². The quantitative estimate of drug-likeness (QED) is 0.484. The molecule has 0 radical (unpaired) electrons. The number of hydrogen-bond acceptors (Lipinski definition) is 6. The highest BCUT2D eigenvalue weighted by molar-refractivity contribution is 5.97. The first kappa shape index (κ1) is 23.9. The number of anilines is 1. The lowest BCUT2D eigenvalue weighted by atomic mass is 10.0. The van der Waals surface area contributed by atoms with Crippen molar-refractivity contribution in [1.82, 2.24) is 4.98 Å². The summed E-state index contributed by atoms with van der Waals surface area (Å²) in [4.78, 5) is 31.4. The number of hydrogen-bond donors (Lipinski definition) is 0. The van der Waals surface area contributed by atoms with E-state index in [2.05, 4.69) is 23.7 Å². The van der Waals surface area contributed by atoms with E-state index in [0.717, 1.165) is 37.1 Å². The normalized spacial score (nSPS) is 10.8. The van der Waals surface area contributed by atoms with Crippen molar-refractivity contribution in [3.63, 3.8) is 0 Å². The predicted molar refractivity (Wildman–Crippen MR) is 112 cm³/mol. The number of nitrogens with zero attached hydrogens (tertiary/aromatic N) is 2. The van der Waals surface area contributed by atoms with E-state index in [4.69, 9.17) is 9.47 Å². The molecule has 1 aromatic rings. The minimum absolute atomic E-state index is 0.223. The molecule has 0 saturated carbocycles. The molecular weight excluding hydrogens is 356 g/mol. The molecule has 0 aliphatic carbocycles. The zero-order valence-corrected chi connectivity index (χ0v) is 18.3. The Hall–Kier alpha value is -2.11. The van der Waals surface area contributed by atoms with Gasteiger partial charge in [-0.1, -0.05) is 26.7 Å². The van der Waals surface area contributed by atoms with Crippen LogP contribution in [0.3, 0.4) is 0 Å². The van der Waals surface area contributed by atoms with Gasteiger partial charge in [-0.15, -0.1) is 0 Å². The van der Waals surface area contributed by atoms with Gasteiger partial charge >= 0.3 is 11.9 Å². The van der Waals surface area contributed by atoms with Crippen LogP contribution in [0.5, 0.6) is 0 Å². The first-order valence-electron chi connectivity index (χ1n) is 10.5. The molecule has 0 N–H and O–H groups in total. The van der Waals surface area contributed by atoms with E-state index < -0.39 is 0 Å². The third-order valence-electron chi connectivity index (χ3n) is 4.64. The van der Waals surface area contributed by atoms with Crippen molar-refractivity contribution < 1.29 is 19.1 Å². The molecule has 28 heavy (non-hydrogen) atoms. The van der Waals surface area contributed by atoms with E-state index in [-0.39, 0.29) is 24.4 Å². The Morgan fingerprint density at radius 2 is 1.64 bits per heavy atom. The summed E-state index contributed by atoms with van der Waals surface area (Å²) in [5.74, 6) is -0.588. The average molecular weight is 393 g/mol. The smallest absolute Gasteiger partial charge is 0.342 e. The van der Waals surface area contributed by atoms with Crippen LogP contribution in [-0.2, 0) is 14.3 Å². The van der Waals surface area contributed by atoms with E-state index in [9.17, 15) is 9.59 Å². The fraction of sp³-hybridized carbons (Fsp3) is 0.682. The predicted octanol–water partition coefficient (Wildman–Crippen LogP) is 4.60. The van der Waals surface area contributed by atoms with Crippen LogP contribution in [0.25, 0.3) is 0 Å². The van der Waals surface area contributed by atoms with Gasteiger partial charge in [-0.2, -0.15) is 0 Å². The van der Waals surface area contributed by atoms with Crippen molar-refractivity contribution in [2.45, 2.75) is 79.7 Å². The summed E-state index contributed by atoms with van der Waals surface area (Å²) in [7, 11) is 0. The zero-order chi connectivity index (χ0) is 21.1. The fourth-order valence-electron chi connectivity index (χ4n) is 3.56. The zero-order valence-electron chi connectivity index (χ0n) is 18.3. The second kappa shape index (κ2) is 12.4. The van der Waals surface area contributed by atoms with E-state index in [1.165, 1.54) is 0 Å². The topological polar surface area (TPSA) is 68.7 Å². The van der Waals surface area contributed by atoms with Gasteiger partial charge in [-0.25, -0.2) is 4.79 Å². The molecule has 0 atom stereocenters. The monoisotopic (exact) mass is 392 g/mol. The number of carbonyl (C=O) groups excluding carboxylic acids is 2. The minimum Gasteiger partial charge on any atom is -0.466 e. The standard InChI is InChI=1S/C22H36N2O4/c1-7-11-18(12-8-2)24(14-13-20(25)27-9-3)19-15-16(5)23-17(6)21(19)22(26)28-10-4/h15,18H,7-14H2,1-6H3. The van der Waals surface area contributed by atoms with Crippen molar-refractivity contribution in [3.05, 3.63) is 23.0 Å². The number of carbonyl (C=O) groups is 2. The van der Waals surface area contributed by atoms with E-state index in [1.54, 1.807) is 13.8 Å². The van der Waals surface area contributed by atoms with Crippen LogP contribution in [-0.4, -0.2) is 42.7 Å². The van der Waals surface area contributed by atoms with E-state index >= 15 is 0 Å². The number of pyridine rings is 1. The van der Waals surface area contributed by atoms with Gasteiger partial charge in [0.1, 0.15) is 5.56 Å². The number of aryl methyl sites for hydroxylation is 2. The molecule has 0 fully saturated rings. The summed E-state index contributed by atoms with van der Waals surface area (Å²) in [6.45, 7) is 12.8. The van der Waals surface area contributed by atoms with Gasteiger partial charge in [0.05, 0.1) is 31.0 Å². The number of esters is 2. The van der Waals surface area contributed by atoms with Crippen LogP contribution in [0.4, 0.5) is 5.69 Å². The molecule has 0 bridgehead atoms. The van der Waals surface area contributed by atoms with Crippen LogP contribution in [0.15, 0.2) is 6.07 Å². The van der Waals surface area contributed by atoms with Crippen molar-refractivity contribution in [1.29, 1.82) is 0 Å². The molecule has 1 rings (SSSR count). The second-order valence-electron chi connectivity index (χ2n) is 6.94. The average Bonchev–Trinajstić information content (AvgIpc) is 2.62. The van der Waals surface area contributed by atoms with E-state index in [1.807, 2.05) is 19.9 Å². The summed E-state index contributed by atoms with van der Waals surface area (Å²) in [6.07, 6.45) is 4.30. The van der Waals surface area contributed by atoms with E-state index in [0.29, 0.717) is 31.0 Å². The SMILES string of the molecule is CCCC(CCC)N(CCC(=O)OCC)c1cc(C)nc(C)c1C(=O)OCC. The lowest BCUT2D eigenvalue weighted by molar-refractivity contribution is -0.142. The lowest BCUT2D eigenvalue weighted by Gasteiger charge is -2.35. The molecule has 6 nitrogen and oxygen atoms in total. The Bertz CT molecular complexity index is 640. The summed E-state index contributed by atoms with van der Waals surface area (Å²) < 4.78 is 10.4. The highest BCUT2D eigenvalue weighted by Gasteiger charge is 2.26. The van der Waals surface area contributed by atoms with Crippen molar-refractivity contribution in [2.75, 3.05) is 24.7 Å². The Kier molecular flexibility index (Phi) is 10.6. The largest absolute Gasteiger partial charge is 0.466 e. The van der Waals surface area contributed by atoms with Crippen molar-refractivity contribution in [3.8, 4) is 0 Å². The molecule has 0 spiro atoms. The lowest BCUT2D eigenvalue weighted by Crippen LogP contribution is -2.38. The van der Waals surface area contributed by atoms with Gasteiger partial charge in [0.2, 0.25) is 0 Å². The van der Waals surface area contributed by atoms with Crippen LogP contribution in [0.1, 0.15) is 81.5 Å². The highest BCUT2D eigenvalue weighted by Crippen LogP contribution is 2.30. The molecule has 1 heterocycles. The first-order valence-corrected chi connectivity index (χ1v) is 10.5. The fourth-order valence-corrected chi connectivity index (χ4v) is 3.56. The number of rotatable bonds is 12. The molecule has 158 valence electrons. The Balaban J connectivity index is 3.41. The van der Waals surface area contributed by atoms with Gasteiger partial charge in [0, 0.05) is 18.3 Å². The van der Waals surface area contributed by atoms with Crippen LogP contribution in [0.2, 0.25) is 0 Å². The van der Waals surface area contributed by atoms with Crippen molar-refractivity contribution in [2.24, 2.45) is 0 Å². The van der Waals surface area contributed by atoms with Gasteiger partial charge in [-0.3, -0.25) is 9.78 Å². The van der Waals surface area contributed by atoms with Gasteiger partial charge in [-0.05, 0) is 46.6 Å². The molecule has 0 saturated heterocycles. The third kappa shape index (κ3) is 6.80. The summed E-state index contributed by atoms with van der Waals surface area (Å²) in [6, 6.07) is 2.17. The Morgan fingerprint density at radius 1 is 1.04 bits per heavy atom. The first-order chi connectivity index (χ1) is 13.4. The molecule has 0 aliphatic heterocycles. The van der Waals surface area contributed by atoms with Gasteiger partial charge < -0.3 is 14.4 Å². The summed E-state index contributed by atoms with van der Waals surface area (Å²) in [5.41, 5.74) is 2.79. The maximum Gasteiger partial charge on any atom is 0.342 e. The summed E-state index contributed by atoms with van der Waals surface area (Å²) in [5, 5.41) is 0. The van der Waals surface area contributed by atoms with Gasteiger partial charge in [0.15, 0.2) is 0 Å². The maximum atomic E-state index is 12.7. The molecule has 6 heteroatoms. The third-order valence-corrected chi connectivity index (χ3v) is 4.64. The van der Waals surface area contributed by atoms with Crippen LogP contribution in [0, 0.1) is 13.8 Å². The van der Waals surface area contributed by atoms with Crippen molar-refractivity contribution >= 4 is 17.6 Å². The molecule has 1 aromatic heterocycles. The maximum absolute atomic E-state index is 12.7.